The number of hydrogen-bond donors (Lipinski definition) is 0. The van der Waals surface area contributed by atoms with Crippen molar-refractivity contribution in [2.75, 3.05) is 39.0 Å². The number of amides is 1. The van der Waals surface area contributed by atoms with Crippen molar-refractivity contribution in [1.29, 1.82) is 0 Å². The molecular formula is C16H24N4O2S. The number of likely N-dealkylation sites (N-methyl/N-ethyl adjacent to an activating group) is 1. The van der Waals surface area contributed by atoms with E-state index in [0.717, 1.165) is 55.6 Å². The van der Waals surface area contributed by atoms with Gasteiger partial charge in [-0.2, -0.15) is 0 Å². The van der Waals surface area contributed by atoms with Crippen LogP contribution in [-0.2, 0) is 11.2 Å². The minimum absolute atomic E-state index is 0.0142. The highest BCUT2D eigenvalue weighted by Crippen LogP contribution is 2.32. The average molecular weight is 336 g/mol. The Balaban J connectivity index is 1.70. The second kappa shape index (κ2) is 7.05. The van der Waals surface area contributed by atoms with Gasteiger partial charge in [0, 0.05) is 50.1 Å². The standard InChI is InChI=1S/C16H24N4O2S/c1-3-4-12-9-15(22)20-13(11-23-16(20)17-12)10-14(21)19-7-5-18(2)6-8-19/h9,13H,3-8,10-11H2,1-2H3. The van der Waals surface area contributed by atoms with Crippen molar-refractivity contribution in [3.8, 4) is 0 Å². The normalized spacial score (nSPS) is 21.5. The van der Waals surface area contributed by atoms with Crippen LogP contribution >= 0.6 is 11.8 Å². The molecule has 0 N–H and O–H groups in total. The Morgan fingerprint density at radius 1 is 1.35 bits per heavy atom. The lowest BCUT2D eigenvalue weighted by Gasteiger charge is -2.33. The summed E-state index contributed by atoms with van der Waals surface area (Å²) in [5, 5.41) is 0.775. The van der Waals surface area contributed by atoms with Gasteiger partial charge in [-0.15, -0.1) is 0 Å². The first-order valence-electron chi connectivity index (χ1n) is 8.30. The van der Waals surface area contributed by atoms with Gasteiger partial charge in [-0.25, -0.2) is 4.98 Å². The van der Waals surface area contributed by atoms with E-state index in [1.807, 2.05) is 4.90 Å². The molecule has 1 atom stereocenters. The van der Waals surface area contributed by atoms with Crippen LogP contribution in [-0.4, -0.2) is 64.2 Å². The molecule has 1 aromatic heterocycles. The van der Waals surface area contributed by atoms with E-state index in [1.54, 1.807) is 22.4 Å². The molecule has 0 spiro atoms. The van der Waals surface area contributed by atoms with Crippen LogP contribution in [0.25, 0.3) is 0 Å². The molecule has 23 heavy (non-hydrogen) atoms. The van der Waals surface area contributed by atoms with E-state index >= 15 is 0 Å². The minimum atomic E-state index is -0.0576. The first kappa shape index (κ1) is 16.5. The van der Waals surface area contributed by atoms with Crippen LogP contribution in [0, 0.1) is 0 Å². The van der Waals surface area contributed by atoms with Crippen LogP contribution in [0.4, 0.5) is 0 Å². The van der Waals surface area contributed by atoms with Gasteiger partial charge in [-0.3, -0.25) is 14.2 Å². The van der Waals surface area contributed by atoms with Gasteiger partial charge in [0.15, 0.2) is 5.16 Å². The molecule has 0 aromatic carbocycles. The molecular weight excluding hydrogens is 312 g/mol. The van der Waals surface area contributed by atoms with Crippen LogP contribution in [0.2, 0.25) is 0 Å². The SMILES string of the molecule is CCCc1cc(=O)n2c(n1)SCC2CC(=O)N1CCN(C)CC1. The second-order valence-corrected chi connectivity index (χ2v) is 7.33. The summed E-state index contributed by atoms with van der Waals surface area (Å²) >= 11 is 1.59. The molecule has 2 aliphatic heterocycles. The van der Waals surface area contributed by atoms with Crippen molar-refractivity contribution in [3.63, 3.8) is 0 Å². The van der Waals surface area contributed by atoms with E-state index in [1.165, 1.54) is 0 Å². The smallest absolute Gasteiger partial charge is 0.254 e. The van der Waals surface area contributed by atoms with Gasteiger partial charge in [-0.05, 0) is 13.5 Å². The first-order chi connectivity index (χ1) is 11.1. The fraction of sp³-hybridized carbons (Fsp3) is 0.688. The molecule has 2 aliphatic rings. The van der Waals surface area contributed by atoms with Crippen LogP contribution in [0.5, 0.6) is 0 Å². The summed E-state index contributed by atoms with van der Waals surface area (Å²) in [7, 11) is 2.07. The predicted octanol–water partition coefficient (Wildman–Crippen LogP) is 1.01. The molecule has 3 rings (SSSR count). The predicted molar refractivity (Wildman–Crippen MR) is 90.9 cm³/mol. The van der Waals surface area contributed by atoms with Crippen LogP contribution in [0.1, 0.15) is 31.5 Å². The maximum absolute atomic E-state index is 12.5. The van der Waals surface area contributed by atoms with Crippen molar-refractivity contribution < 1.29 is 4.79 Å². The fourth-order valence-corrected chi connectivity index (χ4v) is 4.29. The Labute approximate surface area is 140 Å². The van der Waals surface area contributed by atoms with E-state index in [-0.39, 0.29) is 17.5 Å². The molecule has 1 fully saturated rings. The summed E-state index contributed by atoms with van der Waals surface area (Å²) in [5.41, 5.74) is 0.849. The topological polar surface area (TPSA) is 58.4 Å². The third kappa shape index (κ3) is 3.61. The van der Waals surface area contributed by atoms with Crippen molar-refractivity contribution >= 4 is 17.7 Å². The number of hydrogen-bond acceptors (Lipinski definition) is 5. The highest BCUT2D eigenvalue weighted by atomic mass is 32.2. The maximum Gasteiger partial charge on any atom is 0.254 e. The number of fused-ring (bicyclic) bond motifs is 1. The number of carbonyl (C=O) groups is 1. The number of carbonyl (C=O) groups excluding carboxylic acids is 1. The molecule has 126 valence electrons. The van der Waals surface area contributed by atoms with E-state index < -0.39 is 0 Å². The highest BCUT2D eigenvalue weighted by Gasteiger charge is 2.30. The minimum Gasteiger partial charge on any atom is -0.340 e. The first-order valence-corrected chi connectivity index (χ1v) is 9.28. The van der Waals surface area contributed by atoms with Gasteiger partial charge >= 0.3 is 0 Å². The third-order valence-electron chi connectivity index (χ3n) is 4.52. The number of rotatable bonds is 4. The molecule has 7 heteroatoms. The molecule has 1 amide bonds. The van der Waals surface area contributed by atoms with Crippen molar-refractivity contribution in [1.82, 2.24) is 19.4 Å². The second-order valence-electron chi connectivity index (χ2n) is 6.34. The third-order valence-corrected chi connectivity index (χ3v) is 5.61. The van der Waals surface area contributed by atoms with Crippen LogP contribution < -0.4 is 5.56 Å². The Kier molecular flexibility index (Phi) is 5.06. The quantitative estimate of drug-likeness (QED) is 0.768. The maximum atomic E-state index is 12.5. The Bertz CT molecular complexity index is 637. The Morgan fingerprint density at radius 2 is 2.09 bits per heavy atom. The zero-order chi connectivity index (χ0) is 16.4. The zero-order valence-corrected chi connectivity index (χ0v) is 14.6. The lowest BCUT2D eigenvalue weighted by atomic mass is 10.2. The molecule has 1 saturated heterocycles. The molecule has 1 aromatic rings. The number of nitrogens with zero attached hydrogens (tertiary/aromatic N) is 4. The number of piperazine rings is 1. The zero-order valence-electron chi connectivity index (χ0n) is 13.8. The van der Waals surface area contributed by atoms with E-state index in [4.69, 9.17) is 0 Å². The summed E-state index contributed by atoms with van der Waals surface area (Å²) in [4.78, 5) is 33.6. The highest BCUT2D eigenvalue weighted by molar-refractivity contribution is 7.99. The summed E-state index contributed by atoms with van der Waals surface area (Å²) in [5.74, 6) is 0.915. The van der Waals surface area contributed by atoms with Gasteiger partial charge in [0.05, 0.1) is 6.04 Å². The van der Waals surface area contributed by atoms with Crippen LogP contribution in [0.15, 0.2) is 16.0 Å². The average Bonchev–Trinajstić information content (AvgIpc) is 2.91. The summed E-state index contributed by atoms with van der Waals surface area (Å²) in [6.45, 7) is 5.49. The largest absolute Gasteiger partial charge is 0.340 e. The number of aromatic nitrogens is 2. The molecule has 0 aliphatic carbocycles. The molecule has 1 unspecified atom stereocenters. The van der Waals surface area contributed by atoms with Crippen LogP contribution in [0.3, 0.4) is 0 Å². The van der Waals surface area contributed by atoms with Crippen molar-refractivity contribution in [3.05, 3.63) is 22.1 Å². The number of thioether (sulfide) groups is 1. The van der Waals surface area contributed by atoms with Crippen molar-refractivity contribution in [2.24, 2.45) is 0 Å². The van der Waals surface area contributed by atoms with E-state index in [9.17, 15) is 9.59 Å². The summed E-state index contributed by atoms with van der Waals surface area (Å²) in [6, 6.07) is 1.57. The number of aryl methyl sites for hydroxylation is 1. The molecule has 0 bridgehead atoms. The monoisotopic (exact) mass is 336 g/mol. The lowest BCUT2D eigenvalue weighted by molar-refractivity contribution is -0.133. The van der Waals surface area contributed by atoms with Gasteiger partial charge in [0.2, 0.25) is 5.91 Å². The van der Waals surface area contributed by atoms with Gasteiger partial charge in [0.1, 0.15) is 0 Å². The molecule has 0 saturated carbocycles. The summed E-state index contributed by atoms with van der Waals surface area (Å²) in [6.07, 6.45) is 2.21. The molecule has 3 heterocycles. The molecule has 0 radical (unpaired) electrons. The Hall–Kier alpha value is -1.34. The Morgan fingerprint density at radius 3 is 2.78 bits per heavy atom. The van der Waals surface area contributed by atoms with Gasteiger partial charge < -0.3 is 9.80 Å². The van der Waals surface area contributed by atoms with E-state index in [2.05, 4.69) is 23.9 Å². The molecule has 6 nitrogen and oxygen atoms in total. The lowest BCUT2D eigenvalue weighted by Crippen LogP contribution is -2.47. The van der Waals surface area contributed by atoms with Gasteiger partial charge in [-0.1, -0.05) is 25.1 Å². The summed E-state index contributed by atoms with van der Waals surface area (Å²) < 4.78 is 1.72. The fourth-order valence-electron chi connectivity index (χ4n) is 3.12. The van der Waals surface area contributed by atoms with E-state index in [0.29, 0.717) is 6.42 Å². The van der Waals surface area contributed by atoms with Crippen molar-refractivity contribution in [2.45, 2.75) is 37.4 Å². The van der Waals surface area contributed by atoms with Gasteiger partial charge in [0.25, 0.3) is 5.56 Å².